The smallest absolute Gasteiger partial charge is 0.270 e. The van der Waals surface area contributed by atoms with Crippen molar-refractivity contribution >= 4 is 63.8 Å². The highest BCUT2D eigenvalue weighted by atomic mass is 32.1. The van der Waals surface area contributed by atoms with Crippen LogP contribution in [0.1, 0.15) is 61.7 Å². The maximum absolute atomic E-state index is 13.8. The molecule has 0 saturated carbocycles. The van der Waals surface area contributed by atoms with Crippen molar-refractivity contribution in [2.75, 3.05) is 10.2 Å². The summed E-state index contributed by atoms with van der Waals surface area (Å²) in [4.78, 5) is 43.1. The van der Waals surface area contributed by atoms with E-state index in [-0.39, 0.29) is 16.6 Å². The molecule has 0 radical (unpaired) electrons. The number of nitrogens with one attached hydrogen (secondary N) is 2. The van der Waals surface area contributed by atoms with Gasteiger partial charge < -0.3 is 9.88 Å². The number of benzene rings is 2. The van der Waals surface area contributed by atoms with E-state index in [1.165, 1.54) is 9.78 Å². The number of hydrogen-bond donors (Lipinski definition) is 2. The molecule has 43 heavy (non-hydrogen) atoms. The molecule has 0 unspecified atom stereocenters. The second-order valence-corrected chi connectivity index (χ2v) is 12.6. The third kappa shape index (κ3) is 5.34. The minimum absolute atomic E-state index is 0.00256. The summed E-state index contributed by atoms with van der Waals surface area (Å²) in [7, 11) is 0. The highest BCUT2D eigenvalue weighted by Crippen LogP contribution is 2.39. The first-order chi connectivity index (χ1) is 20.6. The minimum Gasteiger partial charge on any atom is -0.322 e. The van der Waals surface area contributed by atoms with Gasteiger partial charge in [-0.15, -0.1) is 11.3 Å². The van der Waals surface area contributed by atoms with Gasteiger partial charge in [-0.2, -0.15) is 0 Å². The fourth-order valence-electron chi connectivity index (χ4n) is 5.76. The minimum atomic E-state index is -0.534. The number of carbonyl (C=O) groups is 3. The quantitative estimate of drug-likeness (QED) is 0.149. The molecule has 0 spiro atoms. The van der Waals surface area contributed by atoms with Crippen molar-refractivity contribution in [1.29, 1.82) is 0 Å². The summed E-state index contributed by atoms with van der Waals surface area (Å²) >= 11 is 7.02. The van der Waals surface area contributed by atoms with Gasteiger partial charge in [0.2, 0.25) is 0 Å². The number of thiophene rings is 1. The van der Waals surface area contributed by atoms with E-state index < -0.39 is 11.8 Å². The summed E-state index contributed by atoms with van der Waals surface area (Å²) in [6.07, 6.45) is 5.58. The lowest BCUT2D eigenvalue weighted by Gasteiger charge is -2.29. The van der Waals surface area contributed by atoms with Crippen LogP contribution in [-0.4, -0.2) is 27.4 Å². The Hall–Kier alpha value is -4.34. The predicted molar refractivity (Wildman–Crippen MR) is 176 cm³/mol. The fraction of sp³-hybridized carbons (Fsp3) is 0.235. The van der Waals surface area contributed by atoms with Crippen LogP contribution >= 0.6 is 23.6 Å². The Bertz CT molecular complexity index is 1830. The van der Waals surface area contributed by atoms with Gasteiger partial charge in [-0.25, -0.2) is 0 Å². The van der Waals surface area contributed by atoms with Gasteiger partial charge in [0.15, 0.2) is 5.11 Å². The summed E-state index contributed by atoms with van der Waals surface area (Å²) in [6.45, 7) is 7.91. The number of hydrogen-bond acceptors (Lipinski definition) is 5. The van der Waals surface area contributed by atoms with Gasteiger partial charge in [0.25, 0.3) is 17.7 Å². The van der Waals surface area contributed by atoms with Crippen molar-refractivity contribution in [1.82, 2.24) is 9.88 Å². The molecule has 1 fully saturated rings. The van der Waals surface area contributed by atoms with E-state index in [1.54, 1.807) is 17.4 Å². The molecule has 218 valence electrons. The van der Waals surface area contributed by atoms with Crippen LogP contribution in [0.25, 0.3) is 11.1 Å². The molecule has 2 N–H and O–H groups in total. The highest BCUT2D eigenvalue weighted by molar-refractivity contribution is 7.80. The second kappa shape index (κ2) is 11.4. The molecule has 1 saturated heterocycles. The van der Waals surface area contributed by atoms with Gasteiger partial charge in [0.1, 0.15) is 10.6 Å². The van der Waals surface area contributed by atoms with Crippen LogP contribution in [0.5, 0.6) is 0 Å². The van der Waals surface area contributed by atoms with Crippen LogP contribution in [0.2, 0.25) is 0 Å². The summed E-state index contributed by atoms with van der Waals surface area (Å²) in [5, 5.41) is 6.69. The van der Waals surface area contributed by atoms with Crippen LogP contribution in [-0.2, 0) is 22.4 Å². The molecule has 3 amide bonds. The molecule has 2 aliphatic rings. The number of fused-ring (bicyclic) bond motifs is 1. The molecule has 7 nitrogen and oxygen atoms in total. The first kappa shape index (κ1) is 28.8. The number of amides is 3. The number of rotatable bonds is 5. The lowest BCUT2D eigenvalue weighted by Crippen LogP contribution is -2.54. The SMILES string of the molecule is Cc1ccc(NC(=O)c2c(-n3c(C)cc(/C=C4\C(=O)NC(=S)N(c5ccc(C)cc5)C4=O)c3C)sc3c2CCCC3)cc1. The molecular weight excluding hydrogens is 577 g/mol. The van der Waals surface area contributed by atoms with Crippen molar-refractivity contribution < 1.29 is 14.4 Å². The molecule has 2 aromatic carbocycles. The van der Waals surface area contributed by atoms with Gasteiger partial charge in [0, 0.05) is 22.0 Å². The maximum Gasteiger partial charge on any atom is 0.270 e. The summed E-state index contributed by atoms with van der Waals surface area (Å²) in [6, 6.07) is 17.2. The van der Waals surface area contributed by atoms with Crippen molar-refractivity contribution in [2.45, 2.75) is 53.4 Å². The average Bonchev–Trinajstić information content (AvgIpc) is 3.48. The van der Waals surface area contributed by atoms with Crippen molar-refractivity contribution in [3.63, 3.8) is 0 Å². The largest absolute Gasteiger partial charge is 0.322 e. The average molecular weight is 609 g/mol. The zero-order chi connectivity index (χ0) is 30.4. The molecule has 0 atom stereocenters. The lowest BCUT2D eigenvalue weighted by molar-refractivity contribution is -0.122. The van der Waals surface area contributed by atoms with E-state index in [0.29, 0.717) is 11.3 Å². The van der Waals surface area contributed by atoms with Gasteiger partial charge >= 0.3 is 0 Å². The van der Waals surface area contributed by atoms with Crippen LogP contribution in [0, 0.1) is 27.7 Å². The number of anilines is 2. The Kier molecular flexibility index (Phi) is 7.62. The van der Waals surface area contributed by atoms with Crippen LogP contribution in [0.3, 0.4) is 0 Å². The Morgan fingerprint density at radius 1 is 0.953 bits per heavy atom. The maximum atomic E-state index is 13.8. The van der Waals surface area contributed by atoms with Crippen LogP contribution in [0.15, 0.2) is 60.2 Å². The molecule has 1 aliphatic carbocycles. The van der Waals surface area contributed by atoms with E-state index in [0.717, 1.165) is 70.0 Å². The van der Waals surface area contributed by atoms with Crippen LogP contribution < -0.4 is 15.5 Å². The van der Waals surface area contributed by atoms with E-state index in [1.807, 2.05) is 82.3 Å². The van der Waals surface area contributed by atoms with Gasteiger partial charge in [-0.1, -0.05) is 35.4 Å². The first-order valence-electron chi connectivity index (χ1n) is 14.3. The molecule has 6 rings (SSSR count). The molecule has 9 heteroatoms. The normalized spacial score (nSPS) is 16.0. The van der Waals surface area contributed by atoms with Crippen molar-refractivity contribution in [3.05, 3.63) is 104 Å². The Balaban J connectivity index is 1.40. The molecular formula is C34H32N4O3S2. The van der Waals surface area contributed by atoms with Gasteiger partial charge in [-0.05, 0) is 113 Å². The standard InChI is InChI=1S/C34H32N4O3S2/c1-19-9-13-24(14-10-19)35-31(40)29-26-7-5-6-8-28(26)43-33(29)37-21(3)17-23(22(37)4)18-27-30(39)36-34(42)38(32(27)41)25-15-11-20(2)12-16-25/h9-18H,5-8H2,1-4H3,(H,35,40)(H,36,39,42)/b27-18+. The monoisotopic (exact) mass is 608 g/mol. The molecule has 0 bridgehead atoms. The second-order valence-electron chi connectivity index (χ2n) is 11.2. The summed E-state index contributed by atoms with van der Waals surface area (Å²) in [5.74, 6) is -1.14. The molecule has 3 heterocycles. The fourth-order valence-corrected chi connectivity index (χ4v) is 7.54. The first-order valence-corrected chi connectivity index (χ1v) is 15.5. The summed E-state index contributed by atoms with van der Waals surface area (Å²) < 4.78 is 2.08. The number of aromatic nitrogens is 1. The van der Waals surface area contributed by atoms with Crippen molar-refractivity contribution in [2.24, 2.45) is 0 Å². The number of nitrogens with zero attached hydrogens (tertiary/aromatic N) is 2. The Morgan fingerprint density at radius 3 is 2.30 bits per heavy atom. The van der Waals surface area contributed by atoms with E-state index >= 15 is 0 Å². The topological polar surface area (TPSA) is 83.4 Å². The zero-order valence-corrected chi connectivity index (χ0v) is 26.2. The van der Waals surface area contributed by atoms with Crippen LogP contribution in [0.4, 0.5) is 11.4 Å². The third-order valence-electron chi connectivity index (χ3n) is 8.06. The lowest BCUT2D eigenvalue weighted by atomic mass is 9.95. The number of aryl methyl sites for hydroxylation is 4. The zero-order valence-electron chi connectivity index (χ0n) is 24.5. The number of thiocarbonyl (C=S) groups is 1. The van der Waals surface area contributed by atoms with E-state index in [4.69, 9.17) is 12.2 Å². The van der Waals surface area contributed by atoms with Gasteiger partial charge in [0.05, 0.1) is 11.3 Å². The summed E-state index contributed by atoms with van der Waals surface area (Å²) in [5.41, 5.74) is 7.80. The van der Waals surface area contributed by atoms with E-state index in [2.05, 4.69) is 15.2 Å². The van der Waals surface area contributed by atoms with E-state index in [9.17, 15) is 14.4 Å². The Labute approximate surface area is 260 Å². The Morgan fingerprint density at radius 2 is 1.60 bits per heavy atom. The highest BCUT2D eigenvalue weighted by Gasteiger charge is 2.35. The third-order valence-corrected chi connectivity index (χ3v) is 9.62. The van der Waals surface area contributed by atoms with Gasteiger partial charge in [-0.3, -0.25) is 24.6 Å². The van der Waals surface area contributed by atoms with Crippen molar-refractivity contribution in [3.8, 4) is 5.00 Å². The molecule has 2 aromatic heterocycles. The molecule has 4 aromatic rings. The molecule has 1 aliphatic heterocycles. The number of carbonyl (C=O) groups excluding carboxylic acids is 3. The predicted octanol–water partition coefficient (Wildman–Crippen LogP) is 6.73.